The minimum absolute atomic E-state index is 0.231. The SMILES string of the molecule is Cc1cccc(C)c1C(=O)OCC(=O)C(CC(=O)O)NC(=O)C1CCC2CCCCC(NC(=O)c3ccc4ccccc4c3)C(=O)N21. The molecular weight excluding hydrogens is 602 g/mol. The van der Waals surface area contributed by atoms with Crippen LogP contribution in [0.5, 0.6) is 0 Å². The quantitative estimate of drug-likeness (QED) is 0.282. The van der Waals surface area contributed by atoms with Gasteiger partial charge in [-0.05, 0) is 73.6 Å². The van der Waals surface area contributed by atoms with Gasteiger partial charge < -0.3 is 25.4 Å². The fraction of sp³-hybridized carbons (Fsp3) is 0.389. The summed E-state index contributed by atoms with van der Waals surface area (Å²) < 4.78 is 5.23. The third kappa shape index (κ3) is 7.67. The van der Waals surface area contributed by atoms with Gasteiger partial charge in [-0.1, -0.05) is 61.4 Å². The molecule has 0 radical (unpaired) electrons. The zero-order chi connectivity index (χ0) is 33.7. The Bertz CT molecular complexity index is 1700. The van der Waals surface area contributed by atoms with Crippen molar-refractivity contribution in [3.05, 3.63) is 82.9 Å². The first-order chi connectivity index (χ1) is 22.5. The molecule has 5 rings (SSSR count). The first-order valence-corrected chi connectivity index (χ1v) is 15.9. The molecule has 0 spiro atoms. The van der Waals surface area contributed by atoms with E-state index in [1.54, 1.807) is 44.2 Å². The highest BCUT2D eigenvalue weighted by atomic mass is 16.5. The van der Waals surface area contributed by atoms with Gasteiger partial charge in [0.2, 0.25) is 11.8 Å². The van der Waals surface area contributed by atoms with Crippen molar-refractivity contribution in [2.24, 2.45) is 0 Å². The smallest absolute Gasteiger partial charge is 0.339 e. The number of ketones is 1. The number of nitrogens with one attached hydrogen (secondary N) is 2. The van der Waals surface area contributed by atoms with Crippen LogP contribution in [0.25, 0.3) is 10.8 Å². The fourth-order valence-electron chi connectivity index (χ4n) is 6.63. The number of benzene rings is 3. The highest BCUT2D eigenvalue weighted by Crippen LogP contribution is 2.32. The fourth-order valence-corrected chi connectivity index (χ4v) is 6.63. The Hall–Kier alpha value is -5.06. The molecule has 2 aliphatic rings. The molecule has 2 aliphatic heterocycles. The average molecular weight is 642 g/mol. The van der Waals surface area contributed by atoms with Crippen LogP contribution in [-0.2, 0) is 23.9 Å². The van der Waals surface area contributed by atoms with E-state index in [2.05, 4.69) is 10.6 Å². The standard InChI is InChI=1S/C36H39N3O8/c1-21-8-7-9-22(2)32(21)36(46)47-20-30(40)28(19-31(41)42)38-34(44)29-17-16-26-12-5-6-13-27(35(45)39(26)29)37-33(43)25-15-14-23-10-3-4-11-24(23)18-25/h3-4,7-11,14-15,18,26-29H,5-6,12-13,16-17,19-20H2,1-2H3,(H,37,43)(H,38,44)(H,41,42). The van der Waals surface area contributed by atoms with Crippen LogP contribution in [0.1, 0.15) is 76.8 Å². The lowest BCUT2D eigenvalue weighted by atomic mass is 9.98. The largest absolute Gasteiger partial charge is 0.481 e. The number of carbonyl (C=O) groups is 6. The highest BCUT2D eigenvalue weighted by molar-refractivity contribution is 6.02. The zero-order valence-electron chi connectivity index (χ0n) is 26.5. The molecule has 4 unspecified atom stereocenters. The van der Waals surface area contributed by atoms with Crippen LogP contribution in [0.15, 0.2) is 60.7 Å². The summed E-state index contributed by atoms with van der Waals surface area (Å²) in [5.41, 5.74) is 2.06. The van der Waals surface area contributed by atoms with Crippen LogP contribution in [-0.4, -0.2) is 76.2 Å². The van der Waals surface area contributed by atoms with Gasteiger partial charge in [-0.15, -0.1) is 0 Å². The van der Waals surface area contributed by atoms with E-state index in [1.165, 1.54) is 4.90 Å². The average Bonchev–Trinajstić information content (AvgIpc) is 3.46. The van der Waals surface area contributed by atoms with Gasteiger partial charge in [0.05, 0.1) is 12.0 Å². The first-order valence-electron chi connectivity index (χ1n) is 15.9. The number of rotatable bonds is 10. The molecule has 2 saturated heterocycles. The molecule has 0 bridgehead atoms. The molecule has 11 nitrogen and oxygen atoms in total. The predicted octanol–water partition coefficient (Wildman–Crippen LogP) is 3.87. The third-order valence-electron chi connectivity index (χ3n) is 9.07. The summed E-state index contributed by atoms with van der Waals surface area (Å²) in [7, 11) is 0. The number of ether oxygens (including phenoxy) is 1. The zero-order valence-corrected chi connectivity index (χ0v) is 26.5. The summed E-state index contributed by atoms with van der Waals surface area (Å²) in [4.78, 5) is 79.8. The molecule has 47 heavy (non-hydrogen) atoms. The van der Waals surface area contributed by atoms with Crippen LogP contribution in [0.3, 0.4) is 0 Å². The van der Waals surface area contributed by atoms with Crippen LogP contribution >= 0.6 is 0 Å². The topological polar surface area (TPSA) is 159 Å². The van der Waals surface area contributed by atoms with E-state index in [9.17, 15) is 33.9 Å². The normalized spacial score (nSPS) is 20.0. The van der Waals surface area contributed by atoms with E-state index >= 15 is 0 Å². The predicted molar refractivity (Wildman–Crippen MR) is 173 cm³/mol. The summed E-state index contributed by atoms with van der Waals surface area (Å²) in [5.74, 6) is -4.28. The number of aryl methyl sites for hydroxylation is 2. The van der Waals surface area contributed by atoms with E-state index in [0.717, 1.165) is 23.6 Å². The number of carbonyl (C=O) groups excluding carboxylic acids is 5. The van der Waals surface area contributed by atoms with E-state index in [-0.39, 0.29) is 11.9 Å². The Morgan fingerprint density at radius 3 is 2.32 bits per heavy atom. The Balaban J connectivity index is 1.27. The molecule has 0 saturated carbocycles. The summed E-state index contributed by atoms with van der Waals surface area (Å²) >= 11 is 0. The number of hydrogen-bond donors (Lipinski definition) is 3. The van der Waals surface area contributed by atoms with Crippen molar-refractivity contribution in [2.75, 3.05) is 6.61 Å². The first kappa shape index (κ1) is 33.3. The maximum Gasteiger partial charge on any atom is 0.339 e. The molecule has 11 heteroatoms. The number of esters is 1. The van der Waals surface area contributed by atoms with E-state index in [0.29, 0.717) is 47.9 Å². The number of carboxylic acids is 1. The lowest BCUT2D eigenvalue weighted by Gasteiger charge is -2.35. The third-order valence-corrected chi connectivity index (χ3v) is 9.07. The van der Waals surface area contributed by atoms with Gasteiger partial charge >= 0.3 is 11.9 Å². The Labute approximate surface area is 272 Å². The van der Waals surface area contributed by atoms with Gasteiger partial charge in [-0.2, -0.15) is 0 Å². The maximum atomic E-state index is 14.0. The molecule has 3 amide bonds. The van der Waals surface area contributed by atoms with Gasteiger partial charge in [-0.25, -0.2) is 4.79 Å². The van der Waals surface area contributed by atoms with Gasteiger partial charge in [-0.3, -0.25) is 24.0 Å². The molecule has 246 valence electrons. The second-order valence-corrected chi connectivity index (χ2v) is 12.3. The monoisotopic (exact) mass is 641 g/mol. The molecule has 3 N–H and O–H groups in total. The second kappa shape index (κ2) is 14.6. The van der Waals surface area contributed by atoms with Crippen molar-refractivity contribution in [1.82, 2.24) is 15.5 Å². The number of hydrogen-bond acceptors (Lipinski definition) is 7. The van der Waals surface area contributed by atoms with Crippen LogP contribution in [0, 0.1) is 13.8 Å². The van der Waals surface area contributed by atoms with Crippen LogP contribution in [0.2, 0.25) is 0 Å². The number of aliphatic carboxylic acids is 1. The maximum absolute atomic E-state index is 14.0. The van der Waals surface area contributed by atoms with E-state index < -0.39 is 60.7 Å². The molecule has 0 aromatic heterocycles. The number of amides is 3. The summed E-state index contributed by atoms with van der Waals surface area (Å²) in [5, 5.41) is 16.8. The number of carboxylic acid groups (broad SMARTS) is 1. The van der Waals surface area contributed by atoms with Crippen molar-refractivity contribution in [3.63, 3.8) is 0 Å². The van der Waals surface area contributed by atoms with Gasteiger partial charge in [0.15, 0.2) is 12.4 Å². The number of nitrogens with zero attached hydrogens (tertiary/aromatic N) is 1. The molecule has 4 atom stereocenters. The molecule has 2 fully saturated rings. The van der Waals surface area contributed by atoms with E-state index in [1.807, 2.05) is 30.3 Å². The lowest BCUT2D eigenvalue weighted by Crippen LogP contribution is -2.58. The van der Waals surface area contributed by atoms with Crippen molar-refractivity contribution in [1.29, 1.82) is 0 Å². The van der Waals surface area contributed by atoms with Crippen molar-refractivity contribution in [2.45, 2.75) is 83.0 Å². The minimum Gasteiger partial charge on any atom is -0.481 e. The molecule has 0 aliphatic carbocycles. The van der Waals surface area contributed by atoms with Crippen LogP contribution in [0.4, 0.5) is 0 Å². The van der Waals surface area contributed by atoms with Gasteiger partial charge in [0, 0.05) is 11.6 Å². The van der Waals surface area contributed by atoms with Crippen LogP contribution < -0.4 is 10.6 Å². The second-order valence-electron chi connectivity index (χ2n) is 12.3. The highest BCUT2D eigenvalue weighted by Gasteiger charge is 2.44. The lowest BCUT2D eigenvalue weighted by molar-refractivity contribution is -0.145. The van der Waals surface area contributed by atoms with Crippen molar-refractivity contribution in [3.8, 4) is 0 Å². The molecular formula is C36H39N3O8. The van der Waals surface area contributed by atoms with Gasteiger partial charge in [0.1, 0.15) is 18.1 Å². The number of fused-ring (bicyclic) bond motifs is 2. The van der Waals surface area contributed by atoms with Crippen molar-refractivity contribution < 1.29 is 38.6 Å². The summed E-state index contributed by atoms with van der Waals surface area (Å²) in [6.07, 6.45) is 2.78. The Morgan fingerprint density at radius 1 is 0.894 bits per heavy atom. The molecule has 3 aromatic rings. The van der Waals surface area contributed by atoms with E-state index in [4.69, 9.17) is 4.74 Å². The van der Waals surface area contributed by atoms with Crippen molar-refractivity contribution >= 4 is 46.2 Å². The Kier molecular flexibility index (Phi) is 10.3. The van der Waals surface area contributed by atoms with Gasteiger partial charge in [0.25, 0.3) is 5.91 Å². The minimum atomic E-state index is -1.47. The summed E-state index contributed by atoms with van der Waals surface area (Å²) in [6, 6.07) is 14.7. The molecule has 3 aromatic carbocycles. The molecule has 2 heterocycles. The Morgan fingerprint density at radius 2 is 1.60 bits per heavy atom. The summed E-state index contributed by atoms with van der Waals surface area (Å²) in [6.45, 7) is 2.74. The number of Topliss-reactive ketones (excluding diaryl/α,β-unsaturated/α-hetero) is 1.